The van der Waals surface area contributed by atoms with Crippen LogP contribution in [0.15, 0.2) is 46.0 Å². The van der Waals surface area contributed by atoms with E-state index in [1.807, 2.05) is 29.2 Å². The molecule has 2 heterocycles. The minimum atomic E-state index is -0.485. The number of aromatic amines is 1. The molecule has 1 fully saturated rings. The Hall–Kier alpha value is -3.95. The van der Waals surface area contributed by atoms with Gasteiger partial charge in [0.25, 0.3) is 5.56 Å². The number of methoxy groups -OCH3 is 3. The molecule has 4 rings (SSSR count). The standard InChI is InChI=1S/C26H32N4O6/c1-34-19-9-7-18(8-10-19)28-12-14-29(15-13-28)24(31)6-4-5-11-30-25(32)20-16-22(35-2)23(36-3)17-21(20)27-26(30)33/h7-10,16-17H,4-6,11-15H2,1-3H3,(H,27,33). The van der Waals surface area contributed by atoms with Gasteiger partial charge in [-0.05, 0) is 43.2 Å². The highest BCUT2D eigenvalue weighted by molar-refractivity contribution is 5.81. The summed E-state index contributed by atoms with van der Waals surface area (Å²) in [7, 11) is 4.63. The minimum Gasteiger partial charge on any atom is -0.497 e. The zero-order valence-electron chi connectivity index (χ0n) is 20.9. The quantitative estimate of drug-likeness (QED) is 0.453. The number of unbranched alkanes of at least 4 members (excludes halogenated alkanes) is 1. The maximum absolute atomic E-state index is 12.9. The summed E-state index contributed by atoms with van der Waals surface area (Å²) in [5.74, 6) is 1.76. The molecule has 10 heteroatoms. The molecule has 1 saturated heterocycles. The van der Waals surface area contributed by atoms with Gasteiger partial charge < -0.3 is 29.0 Å². The summed E-state index contributed by atoms with van der Waals surface area (Å²) in [6.45, 7) is 3.11. The Morgan fingerprint density at radius 1 is 0.889 bits per heavy atom. The smallest absolute Gasteiger partial charge is 0.328 e. The molecule has 2 aromatic carbocycles. The first kappa shape index (κ1) is 25.2. The van der Waals surface area contributed by atoms with E-state index in [1.165, 1.54) is 18.8 Å². The van der Waals surface area contributed by atoms with Crippen molar-refractivity contribution in [3.05, 3.63) is 57.2 Å². The Bertz CT molecular complexity index is 1320. The predicted molar refractivity (Wildman–Crippen MR) is 138 cm³/mol. The Morgan fingerprint density at radius 2 is 1.56 bits per heavy atom. The van der Waals surface area contributed by atoms with E-state index in [9.17, 15) is 14.4 Å². The number of carbonyl (C=O) groups excluding carboxylic acids is 1. The molecular formula is C26H32N4O6. The highest BCUT2D eigenvalue weighted by Gasteiger charge is 2.21. The van der Waals surface area contributed by atoms with Crippen LogP contribution in [-0.2, 0) is 11.3 Å². The van der Waals surface area contributed by atoms with Crippen molar-refractivity contribution in [1.29, 1.82) is 0 Å². The molecule has 1 aromatic heterocycles. The molecule has 1 amide bonds. The number of aromatic nitrogens is 2. The second-order valence-electron chi connectivity index (χ2n) is 8.66. The number of hydrogen-bond acceptors (Lipinski definition) is 7. The Morgan fingerprint density at radius 3 is 2.19 bits per heavy atom. The van der Waals surface area contributed by atoms with Gasteiger partial charge in [0.1, 0.15) is 5.75 Å². The van der Waals surface area contributed by atoms with Crippen LogP contribution in [0.1, 0.15) is 19.3 Å². The number of anilines is 1. The van der Waals surface area contributed by atoms with Crippen molar-refractivity contribution in [3.8, 4) is 17.2 Å². The Balaban J connectivity index is 1.30. The first-order valence-corrected chi connectivity index (χ1v) is 12.0. The molecule has 36 heavy (non-hydrogen) atoms. The normalized spacial score (nSPS) is 13.6. The average molecular weight is 497 g/mol. The molecule has 192 valence electrons. The topological polar surface area (TPSA) is 106 Å². The van der Waals surface area contributed by atoms with Crippen LogP contribution in [0, 0.1) is 0 Å². The summed E-state index contributed by atoms with van der Waals surface area (Å²) < 4.78 is 16.9. The van der Waals surface area contributed by atoms with E-state index in [-0.39, 0.29) is 12.5 Å². The monoisotopic (exact) mass is 496 g/mol. The van der Waals surface area contributed by atoms with Gasteiger partial charge in [-0.2, -0.15) is 0 Å². The first-order valence-electron chi connectivity index (χ1n) is 12.0. The number of fused-ring (bicyclic) bond motifs is 1. The summed E-state index contributed by atoms with van der Waals surface area (Å²) in [6.07, 6.45) is 1.51. The van der Waals surface area contributed by atoms with Gasteiger partial charge in [0, 0.05) is 50.9 Å². The van der Waals surface area contributed by atoms with Gasteiger partial charge in [0.15, 0.2) is 11.5 Å². The van der Waals surface area contributed by atoms with Crippen LogP contribution < -0.4 is 30.4 Å². The molecule has 1 aliphatic heterocycles. The summed E-state index contributed by atoms with van der Waals surface area (Å²) in [5, 5.41) is 0.345. The fourth-order valence-electron chi connectivity index (χ4n) is 4.49. The number of nitrogens with one attached hydrogen (secondary N) is 1. The number of nitrogens with zero attached hydrogens (tertiary/aromatic N) is 3. The van der Waals surface area contributed by atoms with E-state index in [4.69, 9.17) is 14.2 Å². The minimum absolute atomic E-state index is 0.0981. The molecule has 1 aliphatic rings. The van der Waals surface area contributed by atoms with Crippen molar-refractivity contribution < 1.29 is 19.0 Å². The highest BCUT2D eigenvalue weighted by Crippen LogP contribution is 2.29. The average Bonchev–Trinajstić information content (AvgIpc) is 2.91. The molecule has 0 atom stereocenters. The van der Waals surface area contributed by atoms with Crippen LogP contribution in [0.4, 0.5) is 5.69 Å². The van der Waals surface area contributed by atoms with Gasteiger partial charge in [-0.15, -0.1) is 0 Å². The number of H-pyrrole nitrogens is 1. The van der Waals surface area contributed by atoms with Crippen molar-refractivity contribution >= 4 is 22.5 Å². The SMILES string of the molecule is COc1ccc(N2CCN(C(=O)CCCCn3c(=O)[nH]c4cc(OC)c(OC)cc4c3=O)CC2)cc1. The summed E-state index contributed by atoms with van der Waals surface area (Å²) in [6, 6.07) is 11.1. The Labute approximate surface area is 209 Å². The number of benzene rings is 2. The molecule has 0 radical (unpaired) electrons. The third kappa shape index (κ3) is 5.32. The highest BCUT2D eigenvalue weighted by atomic mass is 16.5. The number of piperazine rings is 1. The van der Waals surface area contributed by atoms with Crippen molar-refractivity contribution in [2.75, 3.05) is 52.4 Å². The van der Waals surface area contributed by atoms with Crippen molar-refractivity contribution in [2.24, 2.45) is 0 Å². The molecular weight excluding hydrogens is 464 g/mol. The molecule has 0 saturated carbocycles. The molecule has 10 nitrogen and oxygen atoms in total. The predicted octanol–water partition coefficient (Wildman–Crippen LogP) is 2.23. The number of carbonyl (C=O) groups is 1. The van der Waals surface area contributed by atoms with Crippen molar-refractivity contribution in [1.82, 2.24) is 14.5 Å². The molecule has 3 aromatic rings. The van der Waals surface area contributed by atoms with E-state index in [0.717, 1.165) is 24.5 Å². The van der Waals surface area contributed by atoms with Gasteiger partial charge in [0.05, 0.1) is 32.2 Å². The third-order valence-corrected chi connectivity index (χ3v) is 6.58. The number of hydrogen-bond donors (Lipinski definition) is 1. The molecule has 0 unspecified atom stereocenters. The number of ether oxygens (including phenoxy) is 3. The van der Waals surface area contributed by atoms with E-state index < -0.39 is 11.2 Å². The lowest BCUT2D eigenvalue weighted by Crippen LogP contribution is -2.48. The van der Waals surface area contributed by atoms with E-state index in [2.05, 4.69) is 9.88 Å². The van der Waals surface area contributed by atoms with E-state index >= 15 is 0 Å². The molecule has 1 N–H and O–H groups in total. The third-order valence-electron chi connectivity index (χ3n) is 6.58. The van der Waals surface area contributed by atoms with E-state index in [0.29, 0.717) is 54.8 Å². The Kier molecular flexibility index (Phi) is 7.82. The molecule has 0 spiro atoms. The lowest BCUT2D eigenvalue weighted by Gasteiger charge is -2.36. The van der Waals surface area contributed by atoms with E-state index in [1.54, 1.807) is 19.2 Å². The van der Waals surface area contributed by atoms with Crippen LogP contribution in [0.3, 0.4) is 0 Å². The maximum Gasteiger partial charge on any atom is 0.328 e. The number of amides is 1. The maximum atomic E-state index is 12.9. The van der Waals surface area contributed by atoms with Crippen LogP contribution in [-0.4, -0.2) is 67.9 Å². The second-order valence-corrected chi connectivity index (χ2v) is 8.66. The molecule has 0 bridgehead atoms. The van der Waals surface area contributed by atoms with Crippen LogP contribution in [0.25, 0.3) is 10.9 Å². The molecule has 0 aliphatic carbocycles. The lowest BCUT2D eigenvalue weighted by molar-refractivity contribution is -0.131. The fourth-order valence-corrected chi connectivity index (χ4v) is 4.49. The van der Waals surface area contributed by atoms with Crippen LogP contribution in [0.5, 0.6) is 17.2 Å². The van der Waals surface area contributed by atoms with Crippen LogP contribution in [0.2, 0.25) is 0 Å². The lowest BCUT2D eigenvalue weighted by atomic mass is 10.2. The van der Waals surface area contributed by atoms with Gasteiger partial charge >= 0.3 is 5.69 Å². The first-order chi connectivity index (χ1) is 17.4. The number of rotatable bonds is 9. The van der Waals surface area contributed by atoms with Gasteiger partial charge in [-0.3, -0.25) is 14.2 Å². The van der Waals surface area contributed by atoms with Gasteiger partial charge in [-0.1, -0.05) is 0 Å². The fraction of sp³-hybridized carbons (Fsp3) is 0.423. The van der Waals surface area contributed by atoms with Gasteiger partial charge in [-0.25, -0.2) is 4.79 Å². The summed E-state index contributed by atoms with van der Waals surface area (Å²) in [4.78, 5) is 45.0. The van der Waals surface area contributed by atoms with Crippen molar-refractivity contribution in [2.45, 2.75) is 25.8 Å². The van der Waals surface area contributed by atoms with Gasteiger partial charge in [0.2, 0.25) is 5.91 Å². The van der Waals surface area contributed by atoms with Crippen LogP contribution >= 0.6 is 0 Å². The zero-order valence-corrected chi connectivity index (χ0v) is 20.9. The zero-order chi connectivity index (χ0) is 25.7. The summed E-state index contributed by atoms with van der Waals surface area (Å²) in [5.41, 5.74) is 0.629. The largest absolute Gasteiger partial charge is 0.497 e. The van der Waals surface area contributed by atoms with Crippen molar-refractivity contribution in [3.63, 3.8) is 0 Å². The second kappa shape index (κ2) is 11.2. The summed E-state index contributed by atoms with van der Waals surface area (Å²) >= 11 is 0.